The third kappa shape index (κ3) is 4.53. The lowest BCUT2D eigenvalue weighted by Crippen LogP contribution is -2.51. The molecule has 5 heteroatoms. The topological polar surface area (TPSA) is 53.0 Å². The summed E-state index contributed by atoms with van der Waals surface area (Å²) in [5.41, 5.74) is 1.25. The maximum Gasteiger partial charge on any atom is 0.252 e. The number of aliphatic hydroxyl groups excluding tert-OH is 1. The Bertz CT molecular complexity index is 518. The van der Waals surface area contributed by atoms with Crippen molar-refractivity contribution in [3.8, 4) is 0 Å². The monoisotopic (exact) mass is 318 g/mol. The Morgan fingerprint density at radius 3 is 2.83 bits per heavy atom. The summed E-state index contributed by atoms with van der Waals surface area (Å²) in [6.07, 6.45) is 1.33. The van der Waals surface area contributed by atoms with Crippen molar-refractivity contribution in [1.29, 1.82) is 0 Å². The van der Waals surface area contributed by atoms with E-state index in [1.165, 1.54) is 5.56 Å². The first-order chi connectivity index (χ1) is 11.1. The van der Waals surface area contributed by atoms with Gasteiger partial charge < -0.3 is 14.7 Å². The molecule has 2 atom stereocenters. The van der Waals surface area contributed by atoms with Crippen LogP contribution in [0.5, 0.6) is 0 Å². The molecule has 0 aromatic heterocycles. The maximum absolute atomic E-state index is 12.5. The normalized spacial score (nSPS) is 23.5. The molecular weight excluding hydrogens is 292 g/mol. The molecule has 23 heavy (non-hydrogen) atoms. The first kappa shape index (κ1) is 16.4. The van der Waals surface area contributed by atoms with E-state index in [1.54, 1.807) is 11.9 Å². The highest BCUT2D eigenvalue weighted by atomic mass is 16.5. The summed E-state index contributed by atoms with van der Waals surface area (Å²) in [7, 11) is 1.76. The number of likely N-dealkylation sites (N-methyl/N-ethyl adjacent to an activating group) is 1. The number of rotatable bonds is 6. The molecule has 1 saturated heterocycles. The highest BCUT2D eigenvalue weighted by molar-refractivity contribution is 5.81. The molecule has 1 amide bonds. The zero-order valence-electron chi connectivity index (χ0n) is 13.7. The van der Waals surface area contributed by atoms with Gasteiger partial charge in [-0.05, 0) is 24.3 Å². The average Bonchev–Trinajstić information content (AvgIpc) is 3.40. The number of benzene rings is 1. The van der Waals surface area contributed by atoms with E-state index in [1.807, 2.05) is 18.2 Å². The number of aliphatic hydroxyl groups is 1. The molecule has 0 spiro atoms. The molecule has 2 fully saturated rings. The first-order valence-electron chi connectivity index (χ1n) is 8.44. The first-order valence-corrected chi connectivity index (χ1v) is 8.44. The van der Waals surface area contributed by atoms with Crippen molar-refractivity contribution in [2.45, 2.75) is 31.6 Å². The quantitative estimate of drug-likeness (QED) is 0.854. The van der Waals surface area contributed by atoms with Crippen molar-refractivity contribution >= 4 is 5.91 Å². The van der Waals surface area contributed by atoms with Crippen LogP contribution in [0.15, 0.2) is 30.3 Å². The van der Waals surface area contributed by atoms with E-state index in [0.29, 0.717) is 25.6 Å². The van der Waals surface area contributed by atoms with Gasteiger partial charge in [0, 0.05) is 33.2 Å². The van der Waals surface area contributed by atoms with Gasteiger partial charge in [-0.3, -0.25) is 9.69 Å². The molecule has 2 aliphatic rings. The molecule has 1 aromatic rings. The molecule has 0 bridgehead atoms. The molecule has 0 radical (unpaired) electrons. The van der Waals surface area contributed by atoms with Crippen LogP contribution < -0.4 is 0 Å². The second-order valence-electron chi connectivity index (χ2n) is 6.70. The smallest absolute Gasteiger partial charge is 0.252 e. The van der Waals surface area contributed by atoms with Gasteiger partial charge in [-0.1, -0.05) is 30.3 Å². The van der Waals surface area contributed by atoms with E-state index >= 15 is 0 Å². The Labute approximate surface area is 137 Å². The summed E-state index contributed by atoms with van der Waals surface area (Å²) in [6, 6.07) is 10.3. The van der Waals surface area contributed by atoms with Gasteiger partial charge in [-0.15, -0.1) is 0 Å². The van der Waals surface area contributed by atoms with Crippen molar-refractivity contribution < 1.29 is 14.6 Å². The van der Waals surface area contributed by atoms with Gasteiger partial charge in [0.25, 0.3) is 5.91 Å². The van der Waals surface area contributed by atoms with Gasteiger partial charge in [-0.25, -0.2) is 0 Å². The fourth-order valence-electron chi connectivity index (χ4n) is 3.08. The van der Waals surface area contributed by atoms with Crippen molar-refractivity contribution in [3.05, 3.63) is 35.9 Å². The van der Waals surface area contributed by atoms with Gasteiger partial charge in [0.05, 0.1) is 12.7 Å². The Hall–Kier alpha value is -1.43. The molecule has 1 aliphatic heterocycles. The molecule has 126 valence electrons. The second kappa shape index (κ2) is 7.43. The maximum atomic E-state index is 12.5. The van der Waals surface area contributed by atoms with Gasteiger partial charge in [-0.2, -0.15) is 0 Å². The minimum Gasteiger partial charge on any atom is -0.391 e. The lowest BCUT2D eigenvalue weighted by molar-refractivity contribution is -0.149. The van der Waals surface area contributed by atoms with Crippen molar-refractivity contribution in [1.82, 2.24) is 9.80 Å². The third-order valence-electron chi connectivity index (χ3n) is 4.68. The molecular formula is C18H26N2O3. The lowest BCUT2D eigenvalue weighted by atomic mass is 10.1. The van der Waals surface area contributed by atoms with E-state index in [4.69, 9.17) is 4.74 Å². The van der Waals surface area contributed by atoms with Crippen LogP contribution in [0.25, 0.3) is 0 Å². The van der Waals surface area contributed by atoms with Crippen LogP contribution in [0.4, 0.5) is 0 Å². The van der Waals surface area contributed by atoms with Gasteiger partial charge >= 0.3 is 0 Å². The minimum atomic E-state index is -0.427. The van der Waals surface area contributed by atoms with Gasteiger partial charge in [0.15, 0.2) is 0 Å². The number of carbonyl (C=O) groups is 1. The van der Waals surface area contributed by atoms with Crippen LogP contribution in [0, 0.1) is 5.92 Å². The molecule has 1 aromatic carbocycles. The summed E-state index contributed by atoms with van der Waals surface area (Å²) in [6.45, 7) is 3.26. The molecule has 1 saturated carbocycles. The Morgan fingerprint density at radius 1 is 1.39 bits per heavy atom. The summed E-state index contributed by atoms with van der Waals surface area (Å²) >= 11 is 0. The van der Waals surface area contributed by atoms with E-state index in [0.717, 1.165) is 25.9 Å². The number of carbonyl (C=O) groups excluding carboxylic acids is 1. The summed E-state index contributed by atoms with van der Waals surface area (Å²) < 4.78 is 5.67. The fourth-order valence-corrected chi connectivity index (χ4v) is 3.08. The number of ether oxygens (including phenoxy) is 1. The van der Waals surface area contributed by atoms with Crippen LogP contribution in [0.1, 0.15) is 18.4 Å². The average molecular weight is 318 g/mol. The standard InChI is InChI=1S/C18H26N2O3/c1-19(12-16(21)15-7-8-15)18(22)17-13-20(9-10-23-17)11-14-5-3-2-4-6-14/h2-6,15-17,21H,7-13H2,1H3. The van der Waals surface area contributed by atoms with Crippen LogP contribution in [-0.4, -0.2) is 66.3 Å². The second-order valence-corrected chi connectivity index (χ2v) is 6.70. The van der Waals surface area contributed by atoms with Crippen LogP contribution in [-0.2, 0) is 16.1 Å². The summed E-state index contributed by atoms with van der Waals surface area (Å²) in [5.74, 6) is 0.356. The van der Waals surface area contributed by atoms with E-state index in [-0.39, 0.29) is 5.91 Å². The molecule has 1 N–H and O–H groups in total. The molecule has 2 unspecified atom stereocenters. The van der Waals surface area contributed by atoms with Crippen molar-refractivity contribution in [3.63, 3.8) is 0 Å². The van der Waals surface area contributed by atoms with Crippen molar-refractivity contribution in [2.75, 3.05) is 33.3 Å². The van der Waals surface area contributed by atoms with Crippen LogP contribution >= 0.6 is 0 Å². The predicted octanol–water partition coefficient (Wildman–Crippen LogP) is 1.12. The van der Waals surface area contributed by atoms with Crippen LogP contribution in [0.3, 0.4) is 0 Å². The highest BCUT2D eigenvalue weighted by Crippen LogP contribution is 2.32. The number of hydrogen-bond donors (Lipinski definition) is 1. The predicted molar refractivity (Wildman–Crippen MR) is 87.8 cm³/mol. The lowest BCUT2D eigenvalue weighted by Gasteiger charge is -2.34. The zero-order chi connectivity index (χ0) is 16.2. The SMILES string of the molecule is CN(CC(O)C1CC1)C(=O)C1CN(Cc2ccccc2)CCO1. The van der Waals surface area contributed by atoms with Crippen molar-refractivity contribution in [2.24, 2.45) is 5.92 Å². The number of nitrogens with zero attached hydrogens (tertiary/aromatic N) is 2. The number of hydrogen-bond acceptors (Lipinski definition) is 4. The summed E-state index contributed by atoms with van der Waals surface area (Å²) in [4.78, 5) is 16.4. The van der Waals surface area contributed by atoms with E-state index in [9.17, 15) is 9.90 Å². The largest absolute Gasteiger partial charge is 0.391 e. The van der Waals surface area contributed by atoms with Gasteiger partial charge in [0.1, 0.15) is 6.10 Å². The van der Waals surface area contributed by atoms with Crippen LogP contribution in [0.2, 0.25) is 0 Å². The zero-order valence-corrected chi connectivity index (χ0v) is 13.7. The fraction of sp³-hybridized carbons (Fsp3) is 0.611. The van der Waals surface area contributed by atoms with E-state index < -0.39 is 12.2 Å². The minimum absolute atomic E-state index is 0.0255. The molecule has 1 aliphatic carbocycles. The third-order valence-corrected chi connectivity index (χ3v) is 4.68. The Balaban J connectivity index is 1.51. The molecule has 5 nitrogen and oxygen atoms in total. The Morgan fingerprint density at radius 2 is 2.13 bits per heavy atom. The van der Waals surface area contributed by atoms with Gasteiger partial charge in [0.2, 0.25) is 0 Å². The summed E-state index contributed by atoms with van der Waals surface area (Å²) in [5, 5.41) is 10.0. The number of morpholine rings is 1. The molecule has 3 rings (SSSR count). The Kier molecular flexibility index (Phi) is 5.30. The van der Waals surface area contributed by atoms with E-state index in [2.05, 4.69) is 17.0 Å². The molecule has 1 heterocycles. The highest BCUT2D eigenvalue weighted by Gasteiger charge is 2.34. The number of amides is 1.